The highest BCUT2D eigenvalue weighted by atomic mass is 19.1. The average molecular weight is 410 g/mol. The van der Waals surface area contributed by atoms with Gasteiger partial charge in [0.1, 0.15) is 17.3 Å². The van der Waals surface area contributed by atoms with E-state index in [0.717, 1.165) is 0 Å². The van der Waals surface area contributed by atoms with Crippen molar-refractivity contribution in [2.24, 2.45) is 7.05 Å². The Morgan fingerprint density at radius 3 is 2.83 bits per heavy atom. The minimum absolute atomic E-state index is 0.0763. The lowest BCUT2D eigenvalue weighted by Gasteiger charge is -2.11. The summed E-state index contributed by atoms with van der Waals surface area (Å²) in [6, 6.07) is 6.19. The van der Waals surface area contributed by atoms with E-state index >= 15 is 0 Å². The van der Waals surface area contributed by atoms with Gasteiger partial charge in [-0.1, -0.05) is 0 Å². The molecule has 9 nitrogen and oxygen atoms in total. The van der Waals surface area contributed by atoms with Crippen molar-refractivity contribution >= 4 is 11.6 Å². The summed E-state index contributed by atoms with van der Waals surface area (Å²) in [6.45, 7) is 0.865. The van der Waals surface area contributed by atoms with Gasteiger partial charge in [0, 0.05) is 50.0 Å². The predicted molar refractivity (Wildman–Crippen MR) is 107 cm³/mol. The van der Waals surface area contributed by atoms with Crippen molar-refractivity contribution < 1.29 is 13.9 Å². The van der Waals surface area contributed by atoms with Crippen LogP contribution < -0.4 is 15.6 Å². The molecule has 154 valence electrons. The summed E-state index contributed by atoms with van der Waals surface area (Å²) >= 11 is 0. The Hall–Kier alpha value is -3.95. The normalized spacial score (nSPS) is 11.0. The SMILES string of the molecule is COc1ccc(-c2cn3cc(C(=O)NCCn4cccn4)nc3c(=O)n2C)c(F)c1. The monoisotopic (exact) mass is 410 g/mol. The number of benzene rings is 1. The van der Waals surface area contributed by atoms with Crippen LogP contribution in [0, 0.1) is 5.82 Å². The van der Waals surface area contributed by atoms with Gasteiger partial charge in [-0.05, 0) is 18.2 Å². The molecule has 3 heterocycles. The number of ether oxygens (including phenoxy) is 1. The van der Waals surface area contributed by atoms with Crippen LogP contribution in [-0.4, -0.2) is 43.3 Å². The molecule has 4 aromatic rings. The maximum absolute atomic E-state index is 14.5. The first kappa shape index (κ1) is 19.4. The third-order valence-corrected chi connectivity index (χ3v) is 4.72. The van der Waals surface area contributed by atoms with Crippen LogP contribution in [-0.2, 0) is 13.6 Å². The Kier molecular flexibility index (Phi) is 5.05. The Morgan fingerprint density at radius 2 is 2.13 bits per heavy atom. The number of amides is 1. The molecule has 0 aliphatic heterocycles. The zero-order valence-corrected chi connectivity index (χ0v) is 16.4. The molecule has 0 saturated heterocycles. The minimum atomic E-state index is -0.527. The van der Waals surface area contributed by atoms with Gasteiger partial charge in [0.05, 0.1) is 19.3 Å². The number of rotatable bonds is 6. The van der Waals surface area contributed by atoms with E-state index in [1.54, 1.807) is 35.4 Å². The second kappa shape index (κ2) is 7.82. The highest BCUT2D eigenvalue weighted by Crippen LogP contribution is 2.25. The van der Waals surface area contributed by atoms with E-state index in [-0.39, 0.29) is 16.9 Å². The van der Waals surface area contributed by atoms with Crippen molar-refractivity contribution in [1.82, 2.24) is 29.0 Å². The maximum atomic E-state index is 14.5. The van der Waals surface area contributed by atoms with Gasteiger partial charge in [-0.2, -0.15) is 5.10 Å². The summed E-state index contributed by atoms with van der Waals surface area (Å²) in [5, 5.41) is 6.80. The topological polar surface area (TPSA) is 95.5 Å². The number of imidazole rings is 1. The largest absolute Gasteiger partial charge is 0.497 e. The first-order chi connectivity index (χ1) is 14.5. The number of hydrogen-bond acceptors (Lipinski definition) is 5. The molecule has 0 aliphatic carbocycles. The highest BCUT2D eigenvalue weighted by molar-refractivity contribution is 5.92. The average Bonchev–Trinajstić information content (AvgIpc) is 3.40. The standard InChI is InChI=1S/C20H19FN6O3/c1-25-17(14-5-4-13(30-2)10-15(14)21)12-26-11-16(24-18(26)20(25)29)19(28)22-7-9-27-8-3-6-23-27/h3-6,8,10-12H,7,9H2,1-2H3,(H,22,28). The smallest absolute Gasteiger partial charge is 0.294 e. The summed E-state index contributed by atoms with van der Waals surface area (Å²) in [4.78, 5) is 29.3. The van der Waals surface area contributed by atoms with Gasteiger partial charge < -0.3 is 14.6 Å². The lowest BCUT2D eigenvalue weighted by molar-refractivity contribution is 0.0947. The summed E-state index contributed by atoms with van der Waals surface area (Å²) < 4.78 is 24.0. The van der Waals surface area contributed by atoms with E-state index in [0.29, 0.717) is 24.5 Å². The van der Waals surface area contributed by atoms with Gasteiger partial charge in [-0.3, -0.25) is 18.7 Å². The number of aromatic nitrogens is 5. The first-order valence-electron chi connectivity index (χ1n) is 9.16. The fourth-order valence-electron chi connectivity index (χ4n) is 3.13. The van der Waals surface area contributed by atoms with Gasteiger partial charge in [0.2, 0.25) is 5.65 Å². The Morgan fingerprint density at radius 1 is 1.30 bits per heavy atom. The van der Waals surface area contributed by atoms with Gasteiger partial charge in [0.25, 0.3) is 11.5 Å². The predicted octanol–water partition coefficient (Wildman–Crippen LogP) is 1.47. The first-order valence-corrected chi connectivity index (χ1v) is 9.16. The molecule has 3 aromatic heterocycles. The maximum Gasteiger partial charge on any atom is 0.294 e. The van der Waals surface area contributed by atoms with Crippen LogP contribution in [0.25, 0.3) is 16.9 Å². The molecule has 1 N–H and O–H groups in total. The van der Waals surface area contributed by atoms with Gasteiger partial charge in [0.15, 0.2) is 0 Å². The fourth-order valence-corrected chi connectivity index (χ4v) is 3.13. The second-order valence-electron chi connectivity index (χ2n) is 6.61. The second-order valence-corrected chi connectivity index (χ2v) is 6.61. The molecule has 30 heavy (non-hydrogen) atoms. The van der Waals surface area contributed by atoms with Crippen LogP contribution >= 0.6 is 0 Å². The van der Waals surface area contributed by atoms with Gasteiger partial charge >= 0.3 is 0 Å². The van der Waals surface area contributed by atoms with Crippen LogP contribution in [0.15, 0.2) is 53.8 Å². The molecule has 0 atom stereocenters. The Labute approximate surface area is 170 Å². The van der Waals surface area contributed by atoms with Gasteiger partial charge in [-0.25, -0.2) is 9.37 Å². The third-order valence-electron chi connectivity index (χ3n) is 4.72. The molecule has 4 rings (SSSR count). The molecule has 0 fully saturated rings. The minimum Gasteiger partial charge on any atom is -0.497 e. The van der Waals surface area contributed by atoms with Crippen molar-refractivity contribution in [1.29, 1.82) is 0 Å². The van der Waals surface area contributed by atoms with Crippen molar-refractivity contribution in [2.75, 3.05) is 13.7 Å². The molecule has 0 spiro atoms. The molecule has 0 aliphatic rings. The molecular weight excluding hydrogens is 391 g/mol. The summed E-state index contributed by atoms with van der Waals surface area (Å²) in [5.41, 5.74) is 0.303. The molecule has 1 aromatic carbocycles. The number of carbonyl (C=O) groups excluding carboxylic acids is 1. The summed E-state index contributed by atoms with van der Waals surface area (Å²) in [5.74, 6) is -0.565. The lowest BCUT2D eigenvalue weighted by Crippen LogP contribution is -2.27. The Balaban J connectivity index is 1.64. The molecular formula is C20H19FN6O3. The van der Waals surface area contributed by atoms with Crippen LogP contribution in [0.5, 0.6) is 5.75 Å². The zero-order chi connectivity index (χ0) is 21.3. The van der Waals surface area contributed by atoms with E-state index in [1.807, 2.05) is 0 Å². The molecule has 0 bridgehead atoms. The van der Waals surface area contributed by atoms with E-state index in [4.69, 9.17) is 4.74 Å². The number of nitrogens with zero attached hydrogens (tertiary/aromatic N) is 5. The van der Waals surface area contributed by atoms with E-state index in [1.165, 1.54) is 41.5 Å². The fraction of sp³-hybridized carbons (Fsp3) is 0.200. The number of methoxy groups -OCH3 is 1. The molecule has 0 radical (unpaired) electrons. The van der Waals surface area contributed by atoms with Crippen molar-refractivity contribution in [3.63, 3.8) is 0 Å². The molecule has 1 amide bonds. The van der Waals surface area contributed by atoms with Crippen LogP contribution in [0.1, 0.15) is 10.5 Å². The quantitative estimate of drug-likeness (QED) is 0.520. The highest BCUT2D eigenvalue weighted by Gasteiger charge is 2.17. The number of hydrogen-bond donors (Lipinski definition) is 1. The lowest BCUT2D eigenvalue weighted by atomic mass is 10.1. The molecule has 10 heteroatoms. The van der Waals surface area contributed by atoms with Crippen molar-refractivity contribution in [3.05, 3.63) is 70.9 Å². The number of halogens is 1. The van der Waals surface area contributed by atoms with E-state index < -0.39 is 17.3 Å². The van der Waals surface area contributed by atoms with Crippen molar-refractivity contribution in [3.8, 4) is 17.0 Å². The molecule has 0 unspecified atom stereocenters. The summed E-state index contributed by atoms with van der Waals surface area (Å²) in [6.07, 6.45) is 6.46. The van der Waals surface area contributed by atoms with Crippen LogP contribution in [0.3, 0.4) is 0 Å². The van der Waals surface area contributed by atoms with Crippen LogP contribution in [0.4, 0.5) is 4.39 Å². The van der Waals surface area contributed by atoms with E-state index in [9.17, 15) is 14.0 Å². The Bertz CT molecular complexity index is 1280. The number of nitrogens with one attached hydrogen (secondary N) is 1. The van der Waals surface area contributed by atoms with Crippen LogP contribution in [0.2, 0.25) is 0 Å². The summed E-state index contributed by atoms with van der Waals surface area (Å²) in [7, 11) is 2.98. The zero-order valence-electron chi connectivity index (χ0n) is 16.4. The third kappa shape index (κ3) is 3.54. The van der Waals surface area contributed by atoms with Crippen molar-refractivity contribution in [2.45, 2.75) is 6.54 Å². The van der Waals surface area contributed by atoms with E-state index in [2.05, 4.69) is 15.4 Å². The number of carbonyl (C=O) groups is 1. The molecule has 0 saturated carbocycles. The van der Waals surface area contributed by atoms with Gasteiger partial charge in [-0.15, -0.1) is 0 Å². The number of fused-ring (bicyclic) bond motifs is 1.